The maximum atomic E-state index is 12.3. The van der Waals surface area contributed by atoms with Crippen LogP contribution in [-0.4, -0.2) is 40.2 Å². The first-order valence-corrected chi connectivity index (χ1v) is 9.00. The molecule has 1 aromatic heterocycles. The lowest BCUT2D eigenvalue weighted by atomic mass is 9.95. The Morgan fingerprint density at radius 3 is 2.79 bits per heavy atom. The number of amides is 1. The maximum Gasteiger partial charge on any atom is 0.311 e. The molecule has 7 nitrogen and oxygen atoms in total. The van der Waals surface area contributed by atoms with Crippen LogP contribution in [0.2, 0.25) is 0 Å². The average molecular weight is 353 g/mol. The molecule has 8 heteroatoms. The molecule has 1 fully saturated rings. The number of carbonyl (C=O) groups is 2. The van der Waals surface area contributed by atoms with Gasteiger partial charge in [0.25, 0.3) is 5.56 Å². The smallest absolute Gasteiger partial charge is 0.311 e. The summed E-state index contributed by atoms with van der Waals surface area (Å²) in [4.78, 5) is 42.1. The van der Waals surface area contributed by atoms with Crippen LogP contribution in [0.25, 0.3) is 0 Å². The molecular weight excluding hydrogens is 330 g/mol. The van der Waals surface area contributed by atoms with Crippen LogP contribution in [-0.2, 0) is 20.7 Å². The van der Waals surface area contributed by atoms with E-state index >= 15 is 0 Å². The van der Waals surface area contributed by atoms with E-state index in [9.17, 15) is 14.4 Å². The van der Waals surface area contributed by atoms with Crippen LogP contribution >= 0.6 is 11.8 Å². The Labute approximate surface area is 145 Å². The van der Waals surface area contributed by atoms with Crippen LogP contribution in [0.4, 0.5) is 0 Å². The van der Waals surface area contributed by atoms with Crippen LogP contribution in [0.3, 0.4) is 0 Å². The fourth-order valence-corrected chi connectivity index (χ4v) is 3.48. The summed E-state index contributed by atoms with van der Waals surface area (Å²) >= 11 is 1.17. The highest BCUT2D eigenvalue weighted by atomic mass is 32.2. The first-order valence-electron chi connectivity index (χ1n) is 8.12. The largest absolute Gasteiger partial charge is 0.469 e. The molecule has 0 bridgehead atoms. The van der Waals surface area contributed by atoms with E-state index in [1.165, 1.54) is 31.4 Å². The molecule has 1 atom stereocenters. The van der Waals surface area contributed by atoms with Gasteiger partial charge in [-0.25, -0.2) is 4.98 Å². The van der Waals surface area contributed by atoms with Crippen molar-refractivity contribution < 1.29 is 14.3 Å². The second kappa shape index (κ2) is 8.86. The van der Waals surface area contributed by atoms with Crippen molar-refractivity contribution in [3.63, 3.8) is 0 Å². The van der Waals surface area contributed by atoms with Crippen LogP contribution in [0.15, 0.2) is 16.0 Å². The number of rotatable bonds is 6. The summed E-state index contributed by atoms with van der Waals surface area (Å²) in [5.74, 6) is -0.528. The molecular formula is C16H23N3O4S. The second-order valence-electron chi connectivity index (χ2n) is 5.90. The fraction of sp³-hybridized carbons (Fsp3) is 0.625. The molecule has 0 saturated heterocycles. The molecule has 0 aromatic carbocycles. The fourth-order valence-electron chi connectivity index (χ4n) is 2.64. The quantitative estimate of drug-likeness (QED) is 0.456. The summed E-state index contributed by atoms with van der Waals surface area (Å²) in [6, 6.07) is 1.50. The maximum absolute atomic E-state index is 12.3. The standard InChI is InChI=1S/C16H23N3O4S/c1-10(15(22)17-11-6-4-3-5-7-11)24-16-18-12(8-13(20)19-16)9-14(21)23-2/h8,10-11H,3-7,9H2,1-2H3,(H,17,22)(H,18,19,20)/t10-/m0/s1. The Hall–Kier alpha value is -1.83. The van der Waals surface area contributed by atoms with Gasteiger partial charge in [-0.1, -0.05) is 31.0 Å². The summed E-state index contributed by atoms with van der Waals surface area (Å²) in [5, 5.41) is 3.00. The molecule has 1 amide bonds. The van der Waals surface area contributed by atoms with Gasteiger partial charge >= 0.3 is 5.97 Å². The number of carbonyl (C=O) groups excluding carboxylic acids is 2. The lowest BCUT2D eigenvalue weighted by Crippen LogP contribution is -2.40. The number of aromatic amines is 1. The predicted octanol–water partition coefficient (Wildman–Crippen LogP) is 1.41. The molecule has 2 rings (SSSR count). The van der Waals surface area contributed by atoms with E-state index in [1.54, 1.807) is 6.92 Å². The topological polar surface area (TPSA) is 101 Å². The SMILES string of the molecule is COC(=O)Cc1cc(=O)[nH]c(S[C@@H](C)C(=O)NC2CCCCC2)n1. The monoisotopic (exact) mass is 353 g/mol. The molecule has 1 saturated carbocycles. The number of esters is 1. The van der Waals surface area contributed by atoms with Crippen molar-refractivity contribution in [1.29, 1.82) is 0 Å². The Kier molecular flexibility index (Phi) is 6.84. The molecule has 2 N–H and O–H groups in total. The van der Waals surface area contributed by atoms with Crippen molar-refractivity contribution in [3.8, 4) is 0 Å². The molecule has 1 aliphatic rings. The second-order valence-corrected chi connectivity index (χ2v) is 7.23. The van der Waals surface area contributed by atoms with Crippen molar-refractivity contribution in [2.75, 3.05) is 7.11 Å². The van der Waals surface area contributed by atoms with E-state index in [2.05, 4.69) is 20.0 Å². The Morgan fingerprint density at radius 2 is 2.12 bits per heavy atom. The van der Waals surface area contributed by atoms with Crippen LogP contribution in [0.1, 0.15) is 44.7 Å². The molecule has 24 heavy (non-hydrogen) atoms. The molecule has 0 unspecified atom stereocenters. The van der Waals surface area contributed by atoms with Crippen molar-refractivity contribution in [1.82, 2.24) is 15.3 Å². The predicted molar refractivity (Wildman–Crippen MR) is 90.9 cm³/mol. The normalized spacial score (nSPS) is 16.4. The minimum Gasteiger partial charge on any atom is -0.469 e. The Balaban J connectivity index is 1.97. The van der Waals surface area contributed by atoms with Crippen LogP contribution < -0.4 is 10.9 Å². The number of ether oxygens (including phenoxy) is 1. The summed E-state index contributed by atoms with van der Waals surface area (Å²) in [7, 11) is 1.28. The average Bonchev–Trinajstić information content (AvgIpc) is 2.55. The highest BCUT2D eigenvalue weighted by Crippen LogP contribution is 2.21. The molecule has 0 spiro atoms. The van der Waals surface area contributed by atoms with Gasteiger partial charge in [-0.2, -0.15) is 0 Å². The van der Waals surface area contributed by atoms with Gasteiger partial charge in [-0.15, -0.1) is 0 Å². The molecule has 1 aliphatic carbocycles. The number of hydrogen-bond acceptors (Lipinski definition) is 6. The first kappa shape index (κ1) is 18.5. The zero-order chi connectivity index (χ0) is 17.5. The zero-order valence-corrected chi connectivity index (χ0v) is 14.8. The van der Waals surface area contributed by atoms with Gasteiger partial charge < -0.3 is 15.0 Å². The number of methoxy groups -OCH3 is 1. The van der Waals surface area contributed by atoms with Crippen molar-refractivity contribution in [2.24, 2.45) is 0 Å². The molecule has 0 aliphatic heterocycles. The Morgan fingerprint density at radius 1 is 1.42 bits per heavy atom. The van der Waals surface area contributed by atoms with E-state index in [0.29, 0.717) is 10.9 Å². The van der Waals surface area contributed by atoms with Crippen molar-refractivity contribution in [3.05, 3.63) is 22.1 Å². The minimum atomic E-state index is -0.466. The number of thioether (sulfide) groups is 1. The summed E-state index contributed by atoms with van der Waals surface area (Å²) in [6.45, 7) is 1.77. The third-order valence-corrected chi connectivity index (χ3v) is 4.92. The van der Waals surface area contributed by atoms with Crippen molar-refractivity contribution in [2.45, 2.75) is 61.9 Å². The zero-order valence-electron chi connectivity index (χ0n) is 14.0. The number of H-pyrrole nitrogens is 1. The van der Waals surface area contributed by atoms with E-state index in [4.69, 9.17) is 0 Å². The van der Waals surface area contributed by atoms with Gasteiger partial charge in [0.05, 0.1) is 24.5 Å². The number of nitrogens with zero attached hydrogens (tertiary/aromatic N) is 1. The van der Waals surface area contributed by atoms with E-state index < -0.39 is 5.97 Å². The molecule has 0 radical (unpaired) electrons. The molecule has 132 valence electrons. The van der Waals surface area contributed by atoms with Gasteiger partial charge in [0.2, 0.25) is 5.91 Å². The van der Waals surface area contributed by atoms with Gasteiger partial charge in [-0.05, 0) is 19.8 Å². The minimum absolute atomic E-state index is 0.0621. The van der Waals surface area contributed by atoms with E-state index in [-0.39, 0.29) is 29.2 Å². The lowest BCUT2D eigenvalue weighted by molar-refractivity contribution is -0.139. The van der Waals surface area contributed by atoms with Gasteiger partial charge in [0.15, 0.2) is 5.16 Å². The van der Waals surface area contributed by atoms with E-state index in [1.807, 2.05) is 0 Å². The molecule has 1 heterocycles. The molecule has 1 aromatic rings. The van der Waals surface area contributed by atoms with Crippen LogP contribution in [0, 0.1) is 0 Å². The highest BCUT2D eigenvalue weighted by Gasteiger charge is 2.21. The Bertz CT molecular complexity index is 640. The third kappa shape index (κ3) is 5.67. The van der Waals surface area contributed by atoms with Crippen LogP contribution in [0.5, 0.6) is 0 Å². The van der Waals surface area contributed by atoms with Gasteiger partial charge in [0.1, 0.15) is 0 Å². The van der Waals surface area contributed by atoms with Crippen molar-refractivity contribution >= 4 is 23.6 Å². The summed E-state index contributed by atoms with van der Waals surface area (Å²) in [6.07, 6.45) is 5.50. The van der Waals surface area contributed by atoms with E-state index in [0.717, 1.165) is 25.7 Å². The highest BCUT2D eigenvalue weighted by molar-refractivity contribution is 8.00. The van der Waals surface area contributed by atoms with Gasteiger partial charge in [-0.3, -0.25) is 14.4 Å². The number of hydrogen-bond donors (Lipinski definition) is 2. The van der Waals surface area contributed by atoms with Gasteiger partial charge in [0, 0.05) is 12.1 Å². The summed E-state index contributed by atoms with van der Waals surface area (Å²) < 4.78 is 4.58. The number of nitrogens with one attached hydrogen (secondary N) is 2. The third-order valence-electron chi connectivity index (χ3n) is 3.94. The number of aromatic nitrogens is 2. The lowest BCUT2D eigenvalue weighted by Gasteiger charge is -2.24. The first-order chi connectivity index (χ1) is 11.5. The summed E-state index contributed by atoms with van der Waals surface area (Å²) in [5.41, 5.74) is -0.0284.